The molecule has 1 heterocycles. The third kappa shape index (κ3) is 1.12. The predicted molar refractivity (Wildman–Crippen MR) is 33.1 cm³/mol. The molecule has 0 fully saturated rings. The Morgan fingerprint density at radius 3 is 1.91 bits per heavy atom. The van der Waals surface area contributed by atoms with Crippen LogP contribution in [0.2, 0.25) is 0 Å². The lowest BCUT2D eigenvalue weighted by Gasteiger charge is -2.19. The van der Waals surface area contributed by atoms with Crippen LogP contribution in [0.3, 0.4) is 0 Å². The van der Waals surface area contributed by atoms with Crippen LogP contribution in [0.15, 0.2) is 10.2 Å². The molecule has 11 heavy (non-hydrogen) atoms. The van der Waals surface area contributed by atoms with Gasteiger partial charge in [-0.05, 0) is 6.42 Å². The summed E-state index contributed by atoms with van der Waals surface area (Å²) in [6, 6.07) is 0. The first kappa shape index (κ1) is 8.49. The second kappa shape index (κ2) is 2.19. The number of nitrogens with zero attached hydrogens (tertiary/aromatic N) is 2. The largest absolute Gasteiger partial charge is 0.437 e. The highest BCUT2D eigenvalue weighted by Crippen LogP contribution is 2.50. The molecular weight excluding hydrogens is 157 g/mol. The van der Waals surface area contributed by atoms with Crippen LogP contribution >= 0.6 is 0 Å². The molecule has 0 amide bonds. The Morgan fingerprint density at radius 2 is 1.82 bits per heavy atom. The van der Waals surface area contributed by atoms with E-state index in [1.807, 2.05) is 0 Å². The first-order valence-corrected chi connectivity index (χ1v) is 3.45. The summed E-state index contributed by atoms with van der Waals surface area (Å²) < 4.78 is 36.4. The molecule has 64 valence electrons. The van der Waals surface area contributed by atoms with Gasteiger partial charge < -0.3 is 0 Å². The van der Waals surface area contributed by atoms with Crippen LogP contribution in [0.4, 0.5) is 13.2 Å². The number of alkyl halides is 3. The molecule has 0 bridgehead atoms. The predicted octanol–water partition coefficient (Wildman–Crippen LogP) is 2.76. The minimum atomic E-state index is -4.30. The SMILES string of the molecule is CC[C@H](C)C1(C(F)(F)F)N=N1. The van der Waals surface area contributed by atoms with E-state index in [0.717, 1.165) is 0 Å². The summed E-state index contributed by atoms with van der Waals surface area (Å²) in [5, 5.41) is 6.15. The molecular formula is C6H9F3N2. The van der Waals surface area contributed by atoms with Crippen molar-refractivity contribution in [1.82, 2.24) is 0 Å². The van der Waals surface area contributed by atoms with Crippen molar-refractivity contribution >= 4 is 0 Å². The van der Waals surface area contributed by atoms with Gasteiger partial charge in [-0.3, -0.25) is 0 Å². The van der Waals surface area contributed by atoms with Crippen LogP contribution in [0, 0.1) is 5.92 Å². The minimum Gasteiger partial charge on any atom is -0.166 e. The topological polar surface area (TPSA) is 24.7 Å². The molecule has 0 aromatic carbocycles. The minimum absolute atomic E-state index is 0.437. The van der Waals surface area contributed by atoms with Crippen molar-refractivity contribution in [3.05, 3.63) is 0 Å². The normalized spacial score (nSPS) is 23.4. The van der Waals surface area contributed by atoms with E-state index in [9.17, 15) is 13.2 Å². The van der Waals surface area contributed by atoms with Gasteiger partial charge in [-0.15, -0.1) is 10.2 Å². The number of rotatable bonds is 2. The second-order valence-electron chi connectivity index (χ2n) is 2.73. The van der Waals surface area contributed by atoms with Crippen molar-refractivity contribution in [2.45, 2.75) is 32.1 Å². The molecule has 1 aliphatic rings. The summed E-state index contributed by atoms with van der Waals surface area (Å²) in [7, 11) is 0. The van der Waals surface area contributed by atoms with Gasteiger partial charge in [0.25, 0.3) is 5.66 Å². The lowest BCUT2D eigenvalue weighted by molar-refractivity contribution is -0.175. The average Bonchev–Trinajstić information content (AvgIpc) is 2.63. The maximum Gasteiger partial charge on any atom is 0.437 e. The first-order valence-electron chi connectivity index (χ1n) is 3.45. The van der Waals surface area contributed by atoms with Crippen LogP contribution < -0.4 is 0 Å². The Balaban J connectivity index is 2.69. The highest BCUT2D eigenvalue weighted by molar-refractivity contribution is 5.03. The van der Waals surface area contributed by atoms with E-state index in [-0.39, 0.29) is 0 Å². The van der Waals surface area contributed by atoms with Crippen LogP contribution in [0.25, 0.3) is 0 Å². The van der Waals surface area contributed by atoms with Gasteiger partial charge in [0, 0.05) is 5.92 Å². The van der Waals surface area contributed by atoms with E-state index in [4.69, 9.17) is 0 Å². The zero-order valence-electron chi connectivity index (χ0n) is 6.31. The standard InChI is InChI=1S/C6H9F3N2/c1-3-4(2)5(10-11-5)6(7,8)9/h4H,3H2,1-2H3/t4-/m0/s1. The van der Waals surface area contributed by atoms with Crippen LogP contribution in [-0.4, -0.2) is 11.8 Å². The third-order valence-corrected chi connectivity index (χ3v) is 2.03. The zero-order chi connectivity index (χ0) is 8.70. The second-order valence-corrected chi connectivity index (χ2v) is 2.73. The molecule has 0 aliphatic carbocycles. The van der Waals surface area contributed by atoms with E-state index in [0.29, 0.717) is 6.42 Å². The van der Waals surface area contributed by atoms with Crippen molar-refractivity contribution in [1.29, 1.82) is 0 Å². The van der Waals surface area contributed by atoms with Crippen molar-refractivity contribution in [2.24, 2.45) is 16.1 Å². The molecule has 1 atom stereocenters. The van der Waals surface area contributed by atoms with E-state index in [1.54, 1.807) is 6.92 Å². The maximum atomic E-state index is 12.1. The summed E-state index contributed by atoms with van der Waals surface area (Å²) in [5.74, 6) is -0.539. The molecule has 0 spiro atoms. The van der Waals surface area contributed by atoms with Gasteiger partial charge in [0.1, 0.15) is 0 Å². The summed E-state index contributed by atoms with van der Waals surface area (Å²) in [6.45, 7) is 3.20. The monoisotopic (exact) mass is 166 g/mol. The summed E-state index contributed by atoms with van der Waals surface area (Å²) >= 11 is 0. The zero-order valence-corrected chi connectivity index (χ0v) is 6.31. The van der Waals surface area contributed by atoms with E-state index in [2.05, 4.69) is 10.2 Å². The van der Waals surface area contributed by atoms with Gasteiger partial charge in [0.2, 0.25) is 0 Å². The molecule has 0 aromatic rings. The Hall–Kier alpha value is -0.610. The van der Waals surface area contributed by atoms with Crippen molar-refractivity contribution < 1.29 is 13.2 Å². The van der Waals surface area contributed by atoms with Crippen molar-refractivity contribution in [3.8, 4) is 0 Å². The van der Waals surface area contributed by atoms with Gasteiger partial charge >= 0.3 is 6.18 Å². The fourth-order valence-electron chi connectivity index (χ4n) is 0.928. The molecule has 1 rings (SSSR count). The molecule has 0 unspecified atom stereocenters. The summed E-state index contributed by atoms with van der Waals surface area (Å²) in [5.41, 5.74) is -2.05. The highest BCUT2D eigenvalue weighted by atomic mass is 19.4. The number of hydrogen-bond acceptors (Lipinski definition) is 2. The van der Waals surface area contributed by atoms with E-state index >= 15 is 0 Å². The molecule has 0 N–H and O–H groups in total. The quantitative estimate of drug-likeness (QED) is 0.602. The van der Waals surface area contributed by atoms with Crippen LogP contribution in [0.1, 0.15) is 20.3 Å². The van der Waals surface area contributed by atoms with Crippen LogP contribution in [-0.2, 0) is 0 Å². The van der Waals surface area contributed by atoms with E-state index in [1.165, 1.54) is 6.92 Å². The Kier molecular flexibility index (Phi) is 1.69. The van der Waals surface area contributed by atoms with E-state index < -0.39 is 17.8 Å². The molecule has 0 saturated carbocycles. The molecule has 0 radical (unpaired) electrons. The molecule has 1 aliphatic heterocycles. The smallest absolute Gasteiger partial charge is 0.166 e. The summed E-state index contributed by atoms with van der Waals surface area (Å²) in [4.78, 5) is 0. The molecule has 0 aromatic heterocycles. The lowest BCUT2D eigenvalue weighted by atomic mass is 9.95. The van der Waals surface area contributed by atoms with Crippen molar-refractivity contribution in [3.63, 3.8) is 0 Å². The molecule has 0 saturated heterocycles. The number of hydrogen-bond donors (Lipinski definition) is 0. The summed E-state index contributed by atoms with van der Waals surface area (Å²) in [6.07, 6.45) is -3.87. The van der Waals surface area contributed by atoms with Gasteiger partial charge in [-0.2, -0.15) is 13.2 Å². The third-order valence-electron chi connectivity index (χ3n) is 2.03. The van der Waals surface area contributed by atoms with Gasteiger partial charge in [-0.25, -0.2) is 0 Å². The van der Waals surface area contributed by atoms with Gasteiger partial charge in [0.05, 0.1) is 0 Å². The molecule has 5 heteroatoms. The number of halogens is 3. The van der Waals surface area contributed by atoms with Gasteiger partial charge in [-0.1, -0.05) is 13.8 Å². The molecule has 2 nitrogen and oxygen atoms in total. The Bertz CT molecular complexity index is 179. The maximum absolute atomic E-state index is 12.1. The van der Waals surface area contributed by atoms with Gasteiger partial charge in [0.15, 0.2) is 0 Å². The fraction of sp³-hybridized carbons (Fsp3) is 1.00. The van der Waals surface area contributed by atoms with Crippen LogP contribution in [0.5, 0.6) is 0 Å². The fourth-order valence-corrected chi connectivity index (χ4v) is 0.928. The highest BCUT2D eigenvalue weighted by Gasteiger charge is 2.66. The average molecular weight is 166 g/mol. The Morgan fingerprint density at radius 1 is 1.36 bits per heavy atom. The first-order chi connectivity index (χ1) is 4.94. The Labute approximate surface area is 62.5 Å². The van der Waals surface area contributed by atoms with Crippen molar-refractivity contribution in [2.75, 3.05) is 0 Å². The lowest BCUT2D eigenvalue weighted by Crippen LogP contribution is -2.38.